The third kappa shape index (κ3) is 1.23. The van der Waals surface area contributed by atoms with Gasteiger partial charge in [0.25, 0.3) is 0 Å². The predicted molar refractivity (Wildman–Crippen MR) is 55.6 cm³/mol. The van der Waals surface area contributed by atoms with Crippen molar-refractivity contribution in [3.8, 4) is 5.75 Å². The van der Waals surface area contributed by atoms with Crippen LogP contribution in [-0.2, 0) is 4.79 Å². The SMILES string of the molecule is CC(=O)N1CC2CC1c1ccccc1O2. The minimum Gasteiger partial charge on any atom is -0.488 e. The zero-order valence-corrected chi connectivity index (χ0v) is 8.64. The smallest absolute Gasteiger partial charge is 0.220 e. The van der Waals surface area contributed by atoms with E-state index in [1.165, 1.54) is 0 Å². The number of rotatable bonds is 0. The first-order chi connectivity index (χ1) is 7.25. The Bertz CT molecular complexity index is 416. The van der Waals surface area contributed by atoms with Gasteiger partial charge in [-0.2, -0.15) is 0 Å². The van der Waals surface area contributed by atoms with Crippen LogP contribution in [0, 0.1) is 0 Å². The van der Waals surface area contributed by atoms with Crippen molar-refractivity contribution in [2.75, 3.05) is 6.54 Å². The summed E-state index contributed by atoms with van der Waals surface area (Å²) in [4.78, 5) is 13.4. The summed E-state index contributed by atoms with van der Waals surface area (Å²) in [7, 11) is 0. The highest BCUT2D eigenvalue weighted by Gasteiger charge is 2.40. The normalized spacial score (nSPS) is 27.1. The van der Waals surface area contributed by atoms with Crippen molar-refractivity contribution in [2.24, 2.45) is 0 Å². The lowest BCUT2D eigenvalue weighted by molar-refractivity contribution is -0.129. The fourth-order valence-corrected chi connectivity index (χ4v) is 2.57. The average Bonchev–Trinajstić information content (AvgIpc) is 2.57. The summed E-state index contributed by atoms with van der Waals surface area (Å²) in [5.74, 6) is 1.09. The molecular formula is C12H13NO2. The van der Waals surface area contributed by atoms with Crippen LogP contribution in [0.3, 0.4) is 0 Å². The molecule has 2 heterocycles. The zero-order valence-electron chi connectivity index (χ0n) is 8.64. The fourth-order valence-electron chi connectivity index (χ4n) is 2.57. The summed E-state index contributed by atoms with van der Waals surface area (Å²) in [6.45, 7) is 2.36. The second-order valence-corrected chi connectivity index (χ2v) is 4.20. The van der Waals surface area contributed by atoms with Crippen molar-refractivity contribution >= 4 is 5.91 Å². The molecule has 1 fully saturated rings. The van der Waals surface area contributed by atoms with Crippen molar-refractivity contribution in [1.82, 2.24) is 4.90 Å². The van der Waals surface area contributed by atoms with Crippen molar-refractivity contribution in [3.05, 3.63) is 29.8 Å². The summed E-state index contributed by atoms with van der Waals surface area (Å²) in [5.41, 5.74) is 1.15. The number of nitrogens with zero attached hydrogens (tertiary/aromatic N) is 1. The highest BCUT2D eigenvalue weighted by Crippen LogP contribution is 2.43. The minimum atomic E-state index is 0.141. The number of carbonyl (C=O) groups excluding carboxylic acids is 1. The summed E-state index contributed by atoms with van der Waals surface area (Å²) in [6, 6.07) is 8.24. The Morgan fingerprint density at radius 3 is 3.07 bits per heavy atom. The molecule has 0 spiro atoms. The predicted octanol–water partition coefficient (Wildman–Crippen LogP) is 1.74. The van der Waals surface area contributed by atoms with E-state index in [0.29, 0.717) is 0 Å². The molecule has 1 aromatic carbocycles. The monoisotopic (exact) mass is 203 g/mol. The van der Waals surface area contributed by atoms with Gasteiger partial charge in [-0.25, -0.2) is 0 Å². The van der Waals surface area contributed by atoms with Gasteiger partial charge in [-0.15, -0.1) is 0 Å². The molecule has 2 bridgehead atoms. The Balaban J connectivity index is 2.05. The molecule has 2 atom stereocenters. The lowest BCUT2D eigenvalue weighted by atomic mass is 10.0. The van der Waals surface area contributed by atoms with Crippen molar-refractivity contribution < 1.29 is 9.53 Å². The summed E-state index contributed by atoms with van der Waals surface area (Å²) < 4.78 is 5.81. The molecule has 2 aliphatic heterocycles. The van der Waals surface area contributed by atoms with Crippen molar-refractivity contribution in [1.29, 1.82) is 0 Å². The van der Waals surface area contributed by atoms with E-state index in [9.17, 15) is 4.79 Å². The maximum atomic E-state index is 11.5. The Morgan fingerprint density at radius 1 is 1.47 bits per heavy atom. The molecule has 1 saturated heterocycles. The molecule has 2 aliphatic rings. The Kier molecular flexibility index (Phi) is 1.75. The highest BCUT2D eigenvalue weighted by molar-refractivity contribution is 5.74. The van der Waals surface area contributed by atoms with E-state index in [2.05, 4.69) is 6.07 Å². The quantitative estimate of drug-likeness (QED) is 0.642. The van der Waals surface area contributed by atoms with Gasteiger partial charge in [0.2, 0.25) is 5.91 Å². The van der Waals surface area contributed by atoms with Gasteiger partial charge >= 0.3 is 0 Å². The van der Waals surface area contributed by atoms with Crippen LogP contribution in [0.2, 0.25) is 0 Å². The van der Waals surface area contributed by atoms with Crippen LogP contribution < -0.4 is 4.74 Å². The van der Waals surface area contributed by atoms with Crippen molar-refractivity contribution in [2.45, 2.75) is 25.5 Å². The second kappa shape index (κ2) is 2.99. The lowest BCUT2D eigenvalue weighted by Crippen LogP contribution is -2.28. The molecule has 2 unspecified atom stereocenters. The average molecular weight is 203 g/mol. The molecule has 0 N–H and O–H groups in total. The standard InChI is InChI=1S/C12H13NO2/c1-8(14)13-7-9-6-11(13)10-4-2-3-5-12(10)15-9/h2-5,9,11H,6-7H2,1H3. The van der Waals surface area contributed by atoms with Crippen molar-refractivity contribution in [3.63, 3.8) is 0 Å². The number of ether oxygens (including phenoxy) is 1. The van der Waals surface area contributed by atoms with Gasteiger partial charge in [0.1, 0.15) is 11.9 Å². The van der Waals surface area contributed by atoms with Crippen LogP contribution in [0.25, 0.3) is 0 Å². The molecule has 0 saturated carbocycles. The summed E-state index contributed by atoms with van der Waals surface area (Å²) in [5, 5.41) is 0. The maximum Gasteiger partial charge on any atom is 0.220 e. The van der Waals surface area contributed by atoms with Crippen LogP contribution in [0.15, 0.2) is 24.3 Å². The van der Waals surface area contributed by atoms with E-state index in [-0.39, 0.29) is 18.1 Å². The Hall–Kier alpha value is -1.51. The maximum absolute atomic E-state index is 11.5. The Labute approximate surface area is 88.6 Å². The number of benzene rings is 1. The van der Waals surface area contributed by atoms with Gasteiger partial charge in [-0.3, -0.25) is 4.79 Å². The first kappa shape index (κ1) is 8.77. The molecule has 0 aromatic heterocycles. The zero-order chi connectivity index (χ0) is 10.4. The molecule has 1 aromatic rings. The van der Waals surface area contributed by atoms with E-state index < -0.39 is 0 Å². The molecule has 1 amide bonds. The molecule has 3 rings (SSSR count). The first-order valence-electron chi connectivity index (χ1n) is 5.28. The molecule has 3 nitrogen and oxygen atoms in total. The van der Waals surface area contributed by atoms with E-state index in [1.807, 2.05) is 23.1 Å². The number of para-hydroxylation sites is 1. The Morgan fingerprint density at radius 2 is 2.27 bits per heavy atom. The van der Waals surface area contributed by atoms with E-state index >= 15 is 0 Å². The molecule has 0 radical (unpaired) electrons. The second-order valence-electron chi connectivity index (χ2n) is 4.20. The third-order valence-corrected chi connectivity index (χ3v) is 3.24. The molecule has 3 heteroatoms. The molecule has 0 aliphatic carbocycles. The van der Waals surface area contributed by atoms with Gasteiger partial charge in [0.15, 0.2) is 0 Å². The minimum absolute atomic E-state index is 0.141. The lowest BCUT2D eigenvalue weighted by Gasteiger charge is -2.25. The number of hydrogen-bond donors (Lipinski definition) is 0. The van der Waals surface area contributed by atoms with Crippen LogP contribution >= 0.6 is 0 Å². The van der Waals surface area contributed by atoms with Crippen LogP contribution in [-0.4, -0.2) is 23.5 Å². The number of likely N-dealkylation sites (tertiary alicyclic amines) is 1. The third-order valence-electron chi connectivity index (χ3n) is 3.24. The molecule has 15 heavy (non-hydrogen) atoms. The van der Waals surface area contributed by atoms with Gasteiger partial charge in [-0.1, -0.05) is 18.2 Å². The van der Waals surface area contributed by atoms with E-state index in [0.717, 1.165) is 24.3 Å². The fraction of sp³-hybridized carbons (Fsp3) is 0.417. The van der Waals surface area contributed by atoms with E-state index in [4.69, 9.17) is 4.74 Å². The van der Waals surface area contributed by atoms with Crippen LogP contribution in [0.1, 0.15) is 24.9 Å². The first-order valence-corrected chi connectivity index (χ1v) is 5.28. The van der Waals surface area contributed by atoms with Gasteiger partial charge < -0.3 is 9.64 Å². The number of fused-ring (bicyclic) bond motifs is 4. The molecule has 78 valence electrons. The van der Waals surface area contributed by atoms with Crippen LogP contribution in [0.5, 0.6) is 5.75 Å². The molecular weight excluding hydrogens is 190 g/mol. The number of hydrogen-bond acceptors (Lipinski definition) is 2. The van der Waals surface area contributed by atoms with Gasteiger partial charge in [-0.05, 0) is 6.07 Å². The largest absolute Gasteiger partial charge is 0.488 e. The van der Waals surface area contributed by atoms with Gasteiger partial charge in [0.05, 0.1) is 12.6 Å². The summed E-state index contributed by atoms with van der Waals surface area (Å²) >= 11 is 0. The number of carbonyl (C=O) groups is 1. The topological polar surface area (TPSA) is 29.5 Å². The summed E-state index contributed by atoms with van der Waals surface area (Å²) in [6.07, 6.45) is 1.13. The van der Waals surface area contributed by atoms with Crippen LogP contribution in [0.4, 0.5) is 0 Å². The van der Waals surface area contributed by atoms with Gasteiger partial charge in [0, 0.05) is 18.9 Å². The van der Waals surface area contributed by atoms with E-state index in [1.54, 1.807) is 6.92 Å². The number of amides is 1. The highest BCUT2D eigenvalue weighted by atomic mass is 16.5.